The maximum Gasteiger partial charge on any atom is 0.323 e. The minimum Gasteiger partial charge on any atom is -0.453 e. The van der Waals surface area contributed by atoms with Crippen LogP contribution < -0.4 is 5.73 Å². The molecular weight excluding hydrogens is 230 g/mol. The van der Waals surface area contributed by atoms with E-state index >= 15 is 0 Å². The van der Waals surface area contributed by atoms with E-state index < -0.39 is 18.1 Å². The molecule has 96 valence electrons. The van der Waals surface area contributed by atoms with E-state index in [4.69, 9.17) is 10.5 Å². The van der Waals surface area contributed by atoms with Gasteiger partial charge in [-0.2, -0.15) is 0 Å². The molecule has 0 radical (unpaired) electrons. The Balaban J connectivity index is 1.87. The SMILES string of the molecule is N[C@@H](Cc1ccccc1)C(=O)OC1CCCC1=O. The maximum absolute atomic E-state index is 11.7. The molecule has 1 unspecified atom stereocenters. The van der Waals surface area contributed by atoms with Crippen LogP contribution in [0, 0.1) is 0 Å². The summed E-state index contributed by atoms with van der Waals surface area (Å²) < 4.78 is 5.14. The Hall–Kier alpha value is -1.68. The zero-order valence-electron chi connectivity index (χ0n) is 10.2. The molecule has 0 aliphatic heterocycles. The lowest BCUT2D eigenvalue weighted by atomic mass is 10.1. The number of ether oxygens (including phenoxy) is 1. The van der Waals surface area contributed by atoms with Gasteiger partial charge in [0.1, 0.15) is 6.04 Å². The van der Waals surface area contributed by atoms with Crippen LogP contribution in [0.25, 0.3) is 0 Å². The first-order valence-electron chi connectivity index (χ1n) is 6.19. The second kappa shape index (κ2) is 5.78. The lowest BCUT2D eigenvalue weighted by Crippen LogP contribution is -2.37. The van der Waals surface area contributed by atoms with Crippen LogP contribution in [0.4, 0.5) is 0 Å². The summed E-state index contributed by atoms with van der Waals surface area (Å²) in [4.78, 5) is 23.1. The molecule has 1 aliphatic rings. The number of hydrogen-bond acceptors (Lipinski definition) is 4. The summed E-state index contributed by atoms with van der Waals surface area (Å²) in [7, 11) is 0. The second-order valence-corrected chi connectivity index (χ2v) is 4.58. The Morgan fingerprint density at radius 1 is 1.39 bits per heavy atom. The largest absolute Gasteiger partial charge is 0.453 e. The highest BCUT2D eigenvalue weighted by Gasteiger charge is 2.29. The van der Waals surface area contributed by atoms with Gasteiger partial charge < -0.3 is 10.5 Å². The van der Waals surface area contributed by atoms with Crippen LogP contribution >= 0.6 is 0 Å². The average Bonchev–Trinajstić information content (AvgIpc) is 2.76. The highest BCUT2D eigenvalue weighted by Crippen LogP contribution is 2.18. The molecule has 4 heteroatoms. The lowest BCUT2D eigenvalue weighted by Gasteiger charge is -2.15. The first-order chi connectivity index (χ1) is 8.66. The van der Waals surface area contributed by atoms with Crippen molar-refractivity contribution in [3.05, 3.63) is 35.9 Å². The van der Waals surface area contributed by atoms with E-state index in [1.807, 2.05) is 30.3 Å². The van der Waals surface area contributed by atoms with Crippen molar-refractivity contribution in [2.24, 2.45) is 5.73 Å². The molecule has 18 heavy (non-hydrogen) atoms. The van der Waals surface area contributed by atoms with Crippen molar-refractivity contribution < 1.29 is 14.3 Å². The Bertz CT molecular complexity index is 430. The molecule has 2 rings (SSSR count). The van der Waals surface area contributed by atoms with E-state index in [0.717, 1.165) is 12.0 Å². The summed E-state index contributed by atoms with van der Waals surface area (Å²) in [5, 5.41) is 0. The Kier molecular flexibility index (Phi) is 4.10. The molecule has 2 atom stereocenters. The molecule has 1 aromatic carbocycles. The molecule has 0 bridgehead atoms. The van der Waals surface area contributed by atoms with E-state index in [1.54, 1.807) is 0 Å². The molecule has 1 fully saturated rings. The number of rotatable bonds is 4. The molecule has 1 aliphatic carbocycles. The van der Waals surface area contributed by atoms with Crippen molar-refractivity contribution in [2.75, 3.05) is 0 Å². The third-order valence-corrected chi connectivity index (χ3v) is 3.11. The molecule has 0 amide bonds. The minimum absolute atomic E-state index is 0.00950. The van der Waals surface area contributed by atoms with Crippen molar-refractivity contribution >= 4 is 11.8 Å². The zero-order valence-corrected chi connectivity index (χ0v) is 10.2. The van der Waals surface area contributed by atoms with E-state index in [2.05, 4.69) is 0 Å². The molecule has 2 N–H and O–H groups in total. The topological polar surface area (TPSA) is 69.4 Å². The molecule has 1 saturated carbocycles. The van der Waals surface area contributed by atoms with Gasteiger partial charge in [0.15, 0.2) is 11.9 Å². The van der Waals surface area contributed by atoms with Crippen molar-refractivity contribution in [2.45, 2.75) is 37.8 Å². The van der Waals surface area contributed by atoms with Crippen LogP contribution in [0.2, 0.25) is 0 Å². The Morgan fingerprint density at radius 3 is 2.72 bits per heavy atom. The first kappa shape index (κ1) is 12.8. The average molecular weight is 247 g/mol. The monoisotopic (exact) mass is 247 g/mol. The summed E-state index contributed by atoms with van der Waals surface area (Å²) in [6, 6.07) is 8.81. The van der Waals surface area contributed by atoms with Gasteiger partial charge in [-0.05, 0) is 24.8 Å². The van der Waals surface area contributed by atoms with Crippen LogP contribution in [0.15, 0.2) is 30.3 Å². The molecule has 0 saturated heterocycles. The molecule has 0 spiro atoms. The van der Waals surface area contributed by atoms with Gasteiger partial charge in [-0.25, -0.2) is 0 Å². The summed E-state index contributed by atoms with van der Waals surface area (Å²) in [5.41, 5.74) is 6.77. The standard InChI is InChI=1S/C14H17NO3/c15-11(9-10-5-2-1-3-6-10)14(17)18-13-8-4-7-12(13)16/h1-3,5-6,11,13H,4,7-9,15H2/t11-,13?/m0/s1. The number of benzene rings is 1. The van der Waals surface area contributed by atoms with Gasteiger partial charge in [-0.1, -0.05) is 30.3 Å². The first-order valence-corrected chi connectivity index (χ1v) is 6.19. The van der Waals surface area contributed by atoms with E-state index in [9.17, 15) is 9.59 Å². The summed E-state index contributed by atoms with van der Waals surface area (Å²) in [6.07, 6.45) is 1.79. The van der Waals surface area contributed by atoms with Gasteiger partial charge in [0.05, 0.1) is 0 Å². The molecular formula is C14H17NO3. The zero-order chi connectivity index (χ0) is 13.0. The minimum atomic E-state index is -0.708. The third kappa shape index (κ3) is 3.17. The summed E-state index contributed by atoms with van der Waals surface area (Å²) in [6.45, 7) is 0. The van der Waals surface area contributed by atoms with E-state index in [0.29, 0.717) is 19.3 Å². The van der Waals surface area contributed by atoms with Gasteiger partial charge >= 0.3 is 5.97 Å². The van der Waals surface area contributed by atoms with Gasteiger partial charge in [0.25, 0.3) is 0 Å². The number of carbonyl (C=O) groups is 2. The van der Waals surface area contributed by atoms with Crippen molar-refractivity contribution in [1.29, 1.82) is 0 Å². The van der Waals surface area contributed by atoms with E-state index in [1.165, 1.54) is 0 Å². The van der Waals surface area contributed by atoms with Gasteiger partial charge in [0, 0.05) is 6.42 Å². The van der Waals surface area contributed by atoms with Crippen LogP contribution in [-0.4, -0.2) is 23.9 Å². The molecule has 0 heterocycles. The van der Waals surface area contributed by atoms with Crippen molar-refractivity contribution in [3.63, 3.8) is 0 Å². The fourth-order valence-corrected chi connectivity index (χ4v) is 2.09. The number of Topliss-reactive ketones (excluding diaryl/α,β-unsaturated/α-hetero) is 1. The Morgan fingerprint density at radius 2 is 2.11 bits per heavy atom. The Labute approximate surface area is 106 Å². The summed E-state index contributed by atoms with van der Waals surface area (Å²) in [5.74, 6) is -0.477. The lowest BCUT2D eigenvalue weighted by molar-refractivity contribution is -0.154. The van der Waals surface area contributed by atoms with Crippen LogP contribution in [0.1, 0.15) is 24.8 Å². The van der Waals surface area contributed by atoms with Crippen molar-refractivity contribution in [3.8, 4) is 0 Å². The highest BCUT2D eigenvalue weighted by molar-refractivity contribution is 5.88. The van der Waals surface area contributed by atoms with Crippen LogP contribution in [0.3, 0.4) is 0 Å². The molecule has 1 aromatic rings. The van der Waals surface area contributed by atoms with Gasteiger partial charge in [0.2, 0.25) is 0 Å². The molecule has 4 nitrogen and oxygen atoms in total. The van der Waals surface area contributed by atoms with Gasteiger partial charge in [-0.15, -0.1) is 0 Å². The second-order valence-electron chi connectivity index (χ2n) is 4.58. The highest BCUT2D eigenvalue weighted by atomic mass is 16.5. The summed E-state index contributed by atoms with van der Waals surface area (Å²) >= 11 is 0. The van der Waals surface area contributed by atoms with Crippen molar-refractivity contribution in [1.82, 2.24) is 0 Å². The number of esters is 1. The van der Waals surface area contributed by atoms with Crippen LogP contribution in [0.5, 0.6) is 0 Å². The normalized spacial score (nSPS) is 20.7. The van der Waals surface area contributed by atoms with Gasteiger partial charge in [-0.3, -0.25) is 9.59 Å². The predicted octanol–water partition coefficient (Wildman–Crippen LogP) is 1.22. The van der Waals surface area contributed by atoms with E-state index in [-0.39, 0.29) is 5.78 Å². The number of hydrogen-bond donors (Lipinski definition) is 1. The number of carbonyl (C=O) groups excluding carboxylic acids is 2. The third-order valence-electron chi connectivity index (χ3n) is 3.11. The maximum atomic E-state index is 11.7. The fourth-order valence-electron chi connectivity index (χ4n) is 2.09. The smallest absolute Gasteiger partial charge is 0.323 e. The predicted molar refractivity (Wildman–Crippen MR) is 66.9 cm³/mol. The molecule has 0 aromatic heterocycles. The quantitative estimate of drug-likeness (QED) is 0.812. The fraction of sp³-hybridized carbons (Fsp3) is 0.429. The van der Waals surface area contributed by atoms with Crippen LogP contribution in [-0.2, 0) is 20.7 Å². The number of ketones is 1. The number of nitrogens with two attached hydrogens (primary N) is 1.